The van der Waals surface area contributed by atoms with Crippen LogP contribution in [-0.2, 0) is 0 Å². The number of alkyl halides is 5. The molecule has 0 saturated carbocycles. The second-order valence-corrected chi connectivity index (χ2v) is 17.5. The number of hydrogen-bond acceptors (Lipinski definition) is 2. The Morgan fingerprint density at radius 1 is 1.10 bits per heavy atom. The van der Waals surface area contributed by atoms with Gasteiger partial charge in [-0.25, -0.2) is 0 Å². The molecule has 0 aliphatic heterocycles. The molecule has 0 rings (SSSR count). The highest BCUT2D eigenvalue weighted by Gasteiger charge is 2.53. The lowest BCUT2D eigenvalue weighted by atomic mass is 10.8. The normalized spacial score (nSPS) is 13.3. The van der Waals surface area contributed by atoms with Crippen molar-refractivity contribution < 1.29 is 4.92 Å². The molecule has 0 aliphatic carbocycles. The van der Waals surface area contributed by atoms with Crippen molar-refractivity contribution in [2.24, 2.45) is 0 Å². The molecule has 10 heavy (non-hydrogen) atoms. The van der Waals surface area contributed by atoms with Gasteiger partial charge in [-0.3, -0.25) is 10.1 Å². The zero-order valence-corrected chi connectivity index (χ0v) is 14.9. The minimum atomic E-state index is -0.940. The molecular weight excluding hydrogens is 705 g/mol. The van der Waals surface area contributed by atoms with Crippen LogP contribution in [0, 0.1) is 10.1 Å². The van der Waals surface area contributed by atoms with E-state index in [-0.39, 0.29) is 4.92 Å². The fourth-order valence-corrected chi connectivity index (χ4v) is 0.694. The fraction of sp³-hybridized carbons (Fsp3) is 1.00. The highest BCUT2D eigenvalue weighted by atomic mass is 127. The van der Waals surface area contributed by atoms with E-state index in [1.807, 2.05) is 45.2 Å². The van der Waals surface area contributed by atoms with E-state index in [2.05, 4.69) is 67.8 Å². The summed E-state index contributed by atoms with van der Waals surface area (Å²) in [5.41, 5.74) is 0. The summed E-state index contributed by atoms with van der Waals surface area (Å²) >= 11 is 9.83. The van der Waals surface area contributed by atoms with E-state index >= 15 is 0 Å². The van der Waals surface area contributed by atoms with Crippen LogP contribution in [0.15, 0.2) is 0 Å². The van der Waals surface area contributed by atoms with Crippen LogP contribution in [0.4, 0.5) is 0 Å². The average Bonchev–Trinajstić information content (AvgIpc) is 1.62. The molecule has 0 fully saturated rings. The lowest BCUT2D eigenvalue weighted by molar-refractivity contribution is -0.491. The topological polar surface area (TPSA) is 43.1 Å². The Morgan fingerprint density at radius 2 is 1.40 bits per heavy atom. The van der Waals surface area contributed by atoms with E-state index in [0.717, 1.165) is 0 Å². The molecule has 0 radical (unpaired) electrons. The van der Waals surface area contributed by atoms with E-state index in [1.54, 1.807) is 0 Å². The molecule has 0 aromatic heterocycles. The number of rotatable bonds is 2. The maximum atomic E-state index is 10.4. The smallest absolute Gasteiger partial charge is 0.262 e. The Hall–Kier alpha value is 3.05. The van der Waals surface area contributed by atoms with Gasteiger partial charge in [-0.05, 0) is 67.8 Å². The van der Waals surface area contributed by atoms with Gasteiger partial charge in [0.1, 0.15) is 0 Å². The van der Waals surface area contributed by atoms with Crippen LogP contribution in [0.25, 0.3) is 0 Å². The molecule has 3 nitrogen and oxygen atoms in total. The van der Waals surface area contributed by atoms with Crippen molar-refractivity contribution in [3.63, 3.8) is 0 Å². The summed E-state index contributed by atoms with van der Waals surface area (Å²) in [6.45, 7) is 0. The van der Waals surface area contributed by atoms with Crippen LogP contribution >= 0.6 is 113 Å². The Morgan fingerprint density at radius 3 is 1.40 bits per heavy atom. The maximum absolute atomic E-state index is 10.4. The van der Waals surface area contributed by atoms with Crippen LogP contribution < -0.4 is 0 Å². The van der Waals surface area contributed by atoms with Crippen LogP contribution in [-0.4, -0.2) is 5.91 Å². The predicted molar refractivity (Wildman–Crippen MR) is 82.6 cm³/mol. The van der Waals surface area contributed by atoms with Crippen LogP contribution in [0.2, 0.25) is 0 Å². The monoisotopic (exact) mass is 705 g/mol. The number of nitro groups is 1. The molecule has 0 N–H and O–H groups in total. The van der Waals surface area contributed by atoms with Gasteiger partial charge in [0.05, 0.1) is 4.92 Å². The second kappa shape index (κ2) is 4.52. The first-order valence-electron chi connectivity index (χ1n) is 1.78. The second-order valence-electron chi connectivity index (χ2n) is 1.30. The Kier molecular flexibility index (Phi) is 5.89. The minimum Gasteiger partial charge on any atom is -0.262 e. The quantitative estimate of drug-likeness (QED) is 0.145. The first kappa shape index (κ1) is 13.1. The van der Waals surface area contributed by atoms with E-state index in [0.29, 0.717) is 0 Å². The molecule has 0 unspecified atom stereocenters. The van der Waals surface area contributed by atoms with Crippen molar-refractivity contribution in [1.29, 1.82) is 0 Å². The van der Waals surface area contributed by atoms with Gasteiger partial charge < -0.3 is 0 Å². The van der Waals surface area contributed by atoms with Crippen molar-refractivity contribution in [2.75, 3.05) is 0 Å². The molecular formula is C2I5NO2. The third-order valence-corrected chi connectivity index (χ3v) is 11.5. The summed E-state index contributed by atoms with van der Waals surface area (Å²) < 4.78 is -1.34. The standard InChI is InChI=1S/C2I5NO2/c3-1(4,5)2(6,7)8(9)10. The molecule has 0 atom stereocenters. The van der Waals surface area contributed by atoms with Gasteiger partial charge in [-0.15, -0.1) is 0 Å². The molecule has 0 heterocycles. The van der Waals surface area contributed by atoms with E-state index in [9.17, 15) is 10.1 Å². The van der Waals surface area contributed by atoms with E-state index in [1.165, 1.54) is 0 Å². The molecule has 0 aromatic carbocycles. The van der Waals surface area contributed by atoms with Crippen molar-refractivity contribution in [3.8, 4) is 0 Å². The average molecular weight is 705 g/mol. The molecule has 0 spiro atoms. The summed E-state index contributed by atoms with van der Waals surface area (Å²) in [4.78, 5) is 10.2. The maximum Gasteiger partial charge on any atom is 0.347 e. The Balaban J connectivity index is 4.57. The number of nitrogens with zero attached hydrogens (tertiary/aromatic N) is 1. The molecule has 60 valence electrons. The largest absolute Gasteiger partial charge is 0.347 e. The molecule has 0 saturated heterocycles. The fourth-order valence-electron chi connectivity index (χ4n) is 0.104. The van der Waals surface area contributed by atoms with Gasteiger partial charge >= 0.3 is 1.55 Å². The summed E-state index contributed by atoms with van der Waals surface area (Å²) in [7, 11) is 0. The van der Waals surface area contributed by atoms with Crippen molar-refractivity contribution in [1.82, 2.24) is 0 Å². The van der Waals surface area contributed by atoms with Gasteiger partial charge in [-0.2, -0.15) is 0 Å². The third kappa shape index (κ3) is 3.43. The molecule has 8 heteroatoms. The predicted octanol–water partition coefficient (Wildman–Crippen LogP) is 3.75. The van der Waals surface area contributed by atoms with Gasteiger partial charge in [0, 0.05) is 45.2 Å². The first-order chi connectivity index (χ1) is 4.19. The van der Waals surface area contributed by atoms with E-state index < -0.39 is 0.988 Å². The van der Waals surface area contributed by atoms with Gasteiger partial charge in [-0.1, -0.05) is 0 Å². The number of hydrogen-bond donors (Lipinski definition) is 0. The van der Waals surface area contributed by atoms with Crippen molar-refractivity contribution in [3.05, 3.63) is 10.1 Å². The lowest BCUT2D eigenvalue weighted by Gasteiger charge is -2.20. The third-order valence-electron chi connectivity index (χ3n) is 0.570. The summed E-state index contributed by atoms with van der Waals surface area (Å²) in [6, 6.07) is 0. The van der Waals surface area contributed by atoms with Crippen molar-refractivity contribution >= 4 is 113 Å². The SMILES string of the molecule is O=[N+]([O-])C(I)(I)C(I)(I)I. The first-order valence-corrected chi connectivity index (χ1v) is 7.18. The minimum absolute atomic E-state index is 0.278. The van der Waals surface area contributed by atoms with Crippen LogP contribution in [0.5, 0.6) is 0 Å². The molecule has 0 aliphatic rings. The lowest BCUT2D eigenvalue weighted by Crippen LogP contribution is -2.36. The molecule has 0 bridgehead atoms. The van der Waals surface area contributed by atoms with Gasteiger partial charge in [0.2, 0.25) is -0.565 Å². The zero-order valence-electron chi connectivity index (χ0n) is 4.15. The van der Waals surface area contributed by atoms with Gasteiger partial charge in [0.15, 0.2) is 0 Å². The summed E-state index contributed by atoms with van der Waals surface area (Å²) in [5, 5.41) is 10.4. The highest BCUT2D eigenvalue weighted by Crippen LogP contribution is 2.54. The number of halogens is 5. The van der Waals surface area contributed by atoms with Crippen molar-refractivity contribution in [2.45, 2.75) is 0.988 Å². The van der Waals surface area contributed by atoms with Crippen LogP contribution in [0.3, 0.4) is 0 Å². The van der Waals surface area contributed by atoms with Gasteiger partial charge in [0.25, 0.3) is 0 Å². The zero-order chi connectivity index (χ0) is 8.58. The Labute approximate surface area is 126 Å². The Bertz CT molecular complexity index is 150. The molecule has 0 amide bonds. The summed E-state index contributed by atoms with van der Waals surface area (Å²) in [5.74, 6) is 0. The summed E-state index contributed by atoms with van der Waals surface area (Å²) in [6.07, 6.45) is 0. The highest BCUT2D eigenvalue weighted by molar-refractivity contribution is 14.3. The van der Waals surface area contributed by atoms with E-state index in [4.69, 9.17) is 0 Å². The molecule has 0 aromatic rings. The van der Waals surface area contributed by atoms with Crippen LogP contribution in [0.1, 0.15) is 0 Å².